The Balaban J connectivity index is 0. The molecule has 0 saturated carbocycles. The zero-order chi connectivity index (χ0) is 22.3. The molecule has 162 valence electrons. The molecule has 0 unspecified atom stereocenters. The molecule has 3 atom stereocenters. The van der Waals surface area contributed by atoms with Gasteiger partial charge < -0.3 is 42.3 Å². The van der Waals surface area contributed by atoms with E-state index in [9.17, 15) is 24.0 Å². The third kappa shape index (κ3) is 16.7. The molecule has 0 aromatic rings. The molecule has 1 heterocycles. The second kappa shape index (κ2) is 15.3. The predicted octanol–water partition coefficient (Wildman–Crippen LogP) is -1.65. The highest BCUT2D eigenvalue weighted by Crippen LogP contribution is 2.03. The summed E-state index contributed by atoms with van der Waals surface area (Å²) in [5.74, 6) is -5.11. The van der Waals surface area contributed by atoms with Crippen molar-refractivity contribution in [3.8, 4) is 0 Å². The van der Waals surface area contributed by atoms with Gasteiger partial charge in [-0.3, -0.25) is 24.0 Å². The predicted molar refractivity (Wildman–Crippen MR) is 93.6 cm³/mol. The Labute approximate surface area is 160 Å². The van der Waals surface area contributed by atoms with Crippen LogP contribution in [0.25, 0.3) is 0 Å². The van der Waals surface area contributed by atoms with E-state index in [4.69, 9.17) is 37.0 Å². The Kier molecular flexibility index (Phi) is 15.0. The molecule has 0 radical (unpaired) electrons. The van der Waals surface area contributed by atoms with Gasteiger partial charge in [0.2, 0.25) is 0 Å². The van der Waals surface area contributed by atoms with Crippen LogP contribution in [0.2, 0.25) is 0 Å². The first-order valence-corrected chi connectivity index (χ1v) is 8.25. The number of carbonyl (C=O) groups is 5. The van der Waals surface area contributed by atoms with Crippen LogP contribution in [0.3, 0.4) is 0 Å². The Bertz CT molecular complexity index is 500. The number of rotatable bonds is 9. The molecule has 0 aromatic carbocycles. The molecule has 0 aliphatic carbocycles. The normalized spacial score (nSPS) is 17.0. The van der Waals surface area contributed by atoms with Gasteiger partial charge >= 0.3 is 29.8 Å². The maximum atomic E-state index is 10.1. The summed E-state index contributed by atoms with van der Waals surface area (Å²) in [5.41, 5.74) is 10.0. The second-order valence-corrected chi connectivity index (χ2v) is 5.74. The molecule has 1 rings (SSSR count). The fraction of sp³-hybridized carbons (Fsp3) is 0.667. The first kappa shape index (κ1) is 27.4. The summed E-state index contributed by atoms with van der Waals surface area (Å²) in [4.78, 5) is 49.9. The smallest absolute Gasteiger partial charge is 0.320 e. The summed E-state index contributed by atoms with van der Waals surface area (Å²) >= 11 is 0. The van der Waals surface area contributed by atoms with Crippen LogP contribution in [0.15, 0.2) is 0 Å². The van der Waals surface area contributed by atoms with Gasteiger partial charge in [-0.1, -0.05) is 0 Å². The van der Waals surface area contributed by atoms with Crippen molar-refractivity contribution < 1.29 is 49.5 Å². The molecule has 1 aliphatic rings. The summed E-state index contributed by atoms with van der Waals surface area (Å²) in [6.07, 6.45) is 1.34. The van der Waals surface area contributed by atoms with Crippen LogP contribution in [-0.4, -0.2) is 80.0 Å². The first-order chi connectivity index (χ1) is 12.9. The molecule has 0 spiro atoms. The third-order valence-electron chi connectivity index (χ3n) is 3.33. The van der Waals surface area contributed by atoms with Gasteiger partial charge in [-0.15, -0.1) is 0 Å². The average molecular weight is 409 g/mol. The van der Waals surface area contributed by atoms with E-state index >= 15 is 0 Å². The SMILES string of the molecule is N[C@@H](CCC(=O)O)C(=O)O.N[C@@H](CCC(=O)O)C(=O)O.O=C(O)[C@@H]1CCCN1. The van der Waals surface area contributed by atoms with Crippen molar-refractivity contribution in [1.29, 1.82) is 0 Å². The minimum absolute atomic E-state index is 0.0231. The molecule has 28 heavy (non-hydrogen) atoms. The zero-order valence-electron chi connectivity index (χ0n) is 15.1. The highest BCUT2D eigenvalue weighted by Gasteiger charge is 2.20. The highest BCUT2D eigenvalue weighted by atomic mass is 16.4. The van der Waals surface area contributed by atoms with Gasteiger partial charge in [0.1, 0.15) is 18.1 Å². The number of nitrogens with two attached hydrogens (primary N) is 2. The van der Waals surface area contributed by atoms with E-state index in [1.165, 1.54) is 0 Å². The molecule has 13 heteroatoms. The largest absolute Gasteiger partial charge is 0.481 e. The molecule has 1 saturated heterocycles. The van der Waals surface area contributed by atoms with E-state index in [1.807, 2.05) is 0 Å². The van der Waals surface area contributed by atoms with Gasteiger partial charge in [-0.05, 0) is 32.2 Å². The molecule has 1 aliphatic heterocycles. The van der Waals surface area contributed by atoms with Crippen molar-refractivity contribution in [2.45, 2.75) is 56.7 Å². The van der Waals surface area contributed by atoms with Gasteiger partial charge in [0.25, 0.3) is 0 Å². The lowest BCUT2D eigenvalue weighted by Gasteiger charge is -2.01. The van der Waals surface area contributed by atoms with Gasteiger partial charge in [0.05, 0.1) is 0 Å². The van der Waals surface area contributed by atoms with Crippen LogP contribution in [-0.2, 0) is 24.0 Å². The van der Waals surface area contributed by atoms with Crippen molar-refractivity contribution in [1.82, 2.24) is 5.32 Å². The van der Waals surface area contributed by atoms with E-state index < -0.39 is 41.9 Å². The number of nitrogens with one attached hydrogen (secondary N) is 1. The third-order valence-corrected chi connectivity index (χ3v) is 3.33. The minimum Gasteiger partial charge on any atom is -0.481 e. The molecular formula is C15H27N3O10. The standard InChI is InChI=1S/2C5H9NO4.C5H9NO2/c2*6-3(5(9)10)1-2-4(7)8;7-5(8)4-2-1-3-6-4/h2*3H,1-2,6H2,(H,7,8)(H,9,10);4,6H,1-3H2,(H,7,8)/t2*3-;4-/m000/s1. The first-order valence-electron chi connectivity index (χ1n) is 8.25. The van der Waals surface area contributed by atoms with Crippen molar-refractivity contribution in [3.63, 3.8) is 0 Å². The van der Waals surface area contributed by atoms with Crippen molar-refractivity contribution in [3.05, 3.63) is 0 Å². The number of aliphatic carboxylic acids is 5. The molecule has 0 amide bonds. The molecule has 13 nitrogen and oxygen atoms in total. The summed E-state index contributed by atoms with van der Waals surface area (Å²) < 4.78 is 0. The van der Waals surface area contributed by atoms with E-state index in [1.54, 1.807) is 0 Å². The lowest BCUT2D eigenvalue weighted by molar-refractivity contribution is -0.141. The topological polar surface area (TPSA) is 251 Å². The Hall–Kier alpha value is -2.77. The van der Waals surface area contributed by atoms with Crippen LogP contribution < -0.4 is 16.8 Å². The molecular weight excluding hydrogens is 382 g/mol. The zero-order valence-corrected chi connectivity index (χ0v) is 15.1. The summed E-state index contributed by atoms with van der Waals surface area (Å²) in [6, 6.07) is -2.39. The summed E-state index contributed by atoms with van der Waals surface area (Å²) in [7, 11) is 0. The number of carboxylic acids is 5. The molecule has 0 bridgehead atoms. The van der Waals surface area contributed by atoms with Gasteiger partial charge in [-0.2, -0.15) is 0 Å². The van der Waals surface area contributed by atoms with E-state index in [0.29, 0.717) is 0 Å². The average Bonchev–Trinajstić information content (AvgIpc) is 3.13. The van der Waals surface area contributed by atoms with E-state index in [-0.39, 0.29) is 31.7 Å². The van der Waals surface area contributed by atoms with Crippen molar-refractivity contribution >= 4 is 29.8 Å². The van der Waals surface area contributed by atoms with Crippen LogP contribution in [0, 0.1) is 0 Å². The maximum Gasteiger partial charge on any atom is 0.320 e. The van der Waals surface area contributed by atoms with Crippen molar-refractivity contribution in [2.24, 2.45) is 11.5 Å². The fourth-order valence-electron chi connectivity index (χ4n) is 1.70. The van der Waals surface area contributed by atoms with Gasteiger partial charge in [0.15, 0.2) is 0 Å². The number of hydrogen-bond donors (Lipinski definition) is 8. The Morgan fingerprint density at radius 2 is 1.21 bits per heavy atom. The molecule has 10 N–H and O–H groups in total. The summed E-state index contributed by atoms with van der Waals surface area (Å²) in [6.45, 7) is 0.858. The monoisotopic (exact) mass is 409 g/mol. The Morgan fingerprint density at radius 1 is 0.821 bits per heavy atom. The highest BCUT2D eigenvalue weighted by molar-refractivity contribution is 5.75. The van der Waals surface area contributed by atoms with E-state index in [2.05, 4.69) is 5.32 Å². The van der Waals surface area contributed by atoms with Crippen LogP contribution in [0.1, 0.15) is 38.5 Å². The lowest BCUT2D eigenvalue weighted by Crippen LogP contribution is -2.30. The molecule has 0 aromatic heterocycles. The van der Waals surface area contributed by atoms with Crippen LogP contribution in [0.4, 0.5) is 0 Å². The van der Waals surface area contributed by atoms with Crippen molar-refractivity contribution in [2.75, 3.05) is 6.54 Å². The molecule has 1 fully saturated rings. The maximum absolute atomic E-state index is 10.1. The number of hydrogen-bond acceptors (Lipinski definition) is 8. The Morgan fingerprint density at radius 3 is 1.39 bits per heavy atom. The lowest BCUT2D eigenvalue weighted by atomic mass is 10.2. The second-order valence-electron chi connectivity index (χ2n) is 5.74. The minimum atomic E-state index is -1.17. The van der Waals surface area contributed by atoms with Gasteiger partial charge in [-0.25, -0.2) is 0 Å². The van der Waals surface area contributed by atoms with Crippen LogP contribution in [0.5, 0.6) is 0 Å². The quantitative estimate of drug-likeness (QED) is 0.213. The number of carboxylic acid groups (broad SMARTS) is 5. The van der Waals surface area contributed by atoms with Crippen LogP contribution >= 0.6 is 0 Å². The summed E-state index contributed by atoms with van der Waals surface area (Å²) in [5, 5.41) is 43.8. The fourth-order valence-corrected chi connectivity index (χ4v) is 1.70. The van der Waals surface area contributed by atoms with E-state index in [0.717, 1.165) is 19.4 Å². The van der Waals surface area contributed by atoms with Gasteiger partial charge in [0, 0.05) is 12.8 Å².